The molecule has 0 aliphatic carbocycles. The molecule has 0 bridgehead atoms. The summed E-state index contributed by atoms with van der Waals surface area (Å²) in [5, 5.41) is 1.63. The number of rotatable bonds is 3. The number of amides is 2. The lowest BCUT2D eigenvalue weighted by Gasteiger charge is -2.36. The van der Waals surface area contributed by atoms with E-state index in [0.717, 1.165) is 11.8 Å². The fraction of sp³-hybridized carbons (Fsp3) is 0.300. The monoisotopic (exact) mass is 503 g/mol. The van der Waals surface area contributed by atoms with Gasteiger partial charge in [0.15, 0.2) is 0 Å². The first-order chi connectivity index (χ1) is 15.9. The Kier molecular flexibility index (Phi) is 6.18. The summed E-state index contributed by atoms with van der Waals surface area (Å²) in [4.78, 5) is 34.8. The first-order valence-electron chi connectivity index (χ1n) is 9.77. The number of halogens is 6. The van der Waals surface area contributed by atoms with E-state index in [4.69, 9.17) is 0 Å². The van der Waals surface area contributed by atoms with Gasteiger partial charge in [0.2, 0.25) is 5.95 Å². The van der Waals surface area contributed by atoms with Crippen molar-refractivity contribution in [3.8, 4) is 0 Å². The van der Waals surface area contributed by atoms with Gasteiger partial charge in [-0.15, -0.1) is 0 Å². The number of hydrogen-bond donors (Lipinski definition) is 1. The lowest BCUT2D eigenvalue weighted by Crippen LogP contribution is -2.47. The Bertz CT molecular complexity index is 1130. The summed E-state index contributed by atoms with van der Waals surface area (Å²) in [5.74, 6) is -0.258. The van der Waals surface area contributed by atoms with Crippen molar-refractivity contribution >= 4 is 40.6 Å². The van der Waals surface area contributed by atoms with Crippen LogP contribution < -0.4 is 15.1 Å². The number of carbonyl (C=O) groups excluding carboxylic acids is 2. The molecule has 0 saturated carbocycles. The number of piperazine rings is 1. The van der Waals surface area contributed by atoms with Gasteiger partial charge in [-0.2, -0.15) is 26.3 Å². The minimum absolute atomic E-state index is 0.101. The molecule has 7 nitrogen and oxygen atoms in total. The van der Waals surface area contributed by atoms with Crippen LogP contribution in [0.3, 0.4) is 0 Å². The third-order valence-electron chi connectivity index (χ3n) is 5.09. The molecule has 1 N–H and O–H groups in total. The largest absolute Gasteiger partial charge is 0.416 e. The van der Waals surface area contributed by atoms with Crippen molar-refractivity contribution in [1.29, 1.82) is 0 Å². The molecule has 0 atom stereocenters. The molecule has 2 amide bonds. The van der Waals surface area contributed by atoms with Crippen LogP contribution in [-0.2, 0) is 17.1 Å². The average Bonchev–Trinajstić information content (AvgIpc) is 3.09. The molecular formula is C20H15F6N5O2S. The third-order valence-corrected chi connectivity index (χ3v) is 5.90. The SMILES string of the molecule is O=C1NC(=O)/C(=C/c2ccnc(N3CCN(c4cc(C(F)(F)F)cc(C(F)(F)F)c4)CC3)n2)S1. The Morgan fingerprint density at radius 1 is 0.912 bits per heavy atom. The molecule has 14 heteroatoms. The maximum absolute atomic E-state index is 13.2. The number of nitrogens with zero attached hydrogens (tertiary/aromatic N) is 4. The Morgan fingerprint density at radius 2 is 1.50 bits per heavy atom. The molecule has 3 heterocycles. The molecule has 2 fully saturated rings. The number of thioether (sulfide) groups is 1. The number of hydrogen-bond acceptors (Lipinski definition) is 7. The quantitative estimate of drug-likeness (QED) is 0.498. The van der Waals surface area contributed by atoms with Gasteiger partial charge in [-0.1, -0.05) is 0 Å². The fourth-order valence-electron chi connectivity index (χ4n) is 3.44. The number of nitrogens with one attached hydrogen (secondary N) is 1. The van der Waals surface area contributed by atoms with Crippen LogP contribution in [0.1, 0.15) is 16.8 Å². The zero-order valence-electron chi connectivity index (χ0n) is 17.1. The zero-order chi connectivity index (χ0) is 24.7. The van der Waals surface area contributed by atoms with Crippen molar-refractivity contribution in [2.45, 2.75) is 12.4 Å². The Hall–Kier alpha value is -3.29. The van der Waals surface area contributed by atoms with Gasteiger partial charge in [0.05, 0.1) is 21.7 Å². The van der Waals surface area contributed by atoms with Crippen LogP contribution in [-0.4, -0.2) is 47.3 Å². The highest BCUT2D eigenvalue weighted by molar-refractivity contribution is 8.18. The summed E-state index contributed by atoms with van der Waals surface area (Å²) in [6.45, 7) is 0.761. The van der Waals surface area contributed by atoms with Crippen LogP contribution in [0.25, 0.3) is 6.08 Å². The van der Waals surface area contributed by atoms with Gasteiger partial charge in [-0.3, -0.25) is 14.9 Å². The van der Waals surface area contributed by atoms with E-state index in [-0.39, 0.29) is 48.8 Å². The zero-order valence-corrected chi connectivity index (χ0v) is 17.9. The van der Waals surface area contributed by atoms with Gasteiger partial charge >= 0.3 is 12.4 Å². The van der Waals surface area contributed by atoms with E-state index in [9.17, 15) is 35.9 Å². The standard InChI is InChI=1S/C20H15F6N5O2S/c21-19(22,23)11-7-12(20(24,25)26)9-14(8-11)30-3-5-31(6-4-30)17-27-2-1-13(28-17)10-15-16(32)29-18(33)34-15/h1-2,7-10H,3-6H2,(H,29,32,33)/b15-10-. The van der Waals surface area contributed by atoms with Crippen molar-refractivity contribution in [1.82, 2.24) is 15.3 Å². The molecule has 2 saturated heterocycles. The Balaban J connectivity index is 1.51. The van der Waals surface area contributed by atoms with Crippen LogP contribution in [0.15, 0.2) is 35.4 Å². The average molecular weight is 503 g/mol. The molecule has 1 aromatic heterocycles. The maximum atomic E-state index is 13.2. The fourth-order valence-corrected chi connectivity index (χ4v) is 4.10. The van der Waals surface area contributed by atoms with Crippen LogP contribution in [0.5, 0.6) is 0 Å². The number of carbonyl (C=O) groups is 2. The maximum Gasteiger partial charge on any atom is 0.416 e. The smallest absolute Gasteiger partial charge is 0.368 e. The molecule has 0 radical (unpaired) electrons. The van der Waals surface area contributed by atoms with E-state index in [0.29, 0.717) is 17.8 Å². The molecule has 0 spiro atoms. The molecule has 2 aliphatic heterocycles. The van der Waals surface area contributed by atoms with E-state index in [1.165, 1.54) is 23.2 Å². The summed E-state index contributed by atoms with van der Waals surface area (Å²) in [7, 11) is 0. The van der Waals surface area contributed by atoms with E-state index in [1.807, 2.05) is 0 Å². The first kappa shape index (κ1) is 23.9. The second-order valence-corrected chi connectivity index (χ2v) is 8.39. The molecule has 0 unspecified atom stereocenters. The predicted molar refractivity (Wildman–Crippen MR) is 112 cm³/mol. The second kappa shape index (κ2) is 8.81. The summed E-state index contributed by atoms with van der Waals surface area (Å²) in [6, 6.07) is 3.05. The molecule has 2 aromatic rings. The Morgan fingerprint density at radius 3 is 2.03 bits per heavy atom. The highest BCUT2D eigenvalue weighted by atomic mass is 32.2. The normalized spacial score (nSPS) is 18.6. The number of imide groups is 1. The van der Waals surface area contributed by atoms with Gasteiger partial charge in [-0.25, -0.2) is 9.97 Å². The topological polar surface area (TPSA) is 78.4 Å². The molecule has 180 valence electrons. The number of benzene rings is 1. The first-order valence-corrected chi connectivity index (χ1v) is 10.6. The van der Waals surface area contributed by atoms with Gasteiger partial charge in [0, 0.05) is 38.1 Å². The van der Waals surface area contributed by atoms with Gasteiger partial charge in [0.1, 0.15) is 0 Å². The molecule has 1 aromatic carbocycles. The van der Waals surface area contributed by atoms with Crippen LogP contribution in [0.2, 0.25) is 0 Å². The highest BCUT2D eigenvalue weighted by Crippen LogP contribution is 2.38. The predicted octanol–water partition coefficient (Wildman–Crippen LogP) is 4.16. The summed E-state index contributed by atoms with van der Waals surface area (Å²) in [6.07, 6.45) is -6.96. The number of aromatic nitrogens is 2. The van der Waals surface area contributed by atoms with Crippen LogP contribution >= 0.6 is 11.8 Å². The van der Waals surface area contributed by atoms with Crippen molar-refractivity contribution in [3.63, 3.8) is 0 Å². The summed E-state index contributed by atoms with van der Waals surface area (Å²) < 4.78 is 78.9. The minimum Gasteiger partial charge on any atom is -0.368 e. The summed E-state index contributed by atoms with van der Waals surface area (Å²) in [5.41, 5.74) is -2.53. The van der Waals surface area contributed by atoms with Crippen LogP contribution in [0.4, 0.5) is 42.8 Å². The third kappa shape index (κ3) is 5.26. The van der Waals surface area contributed by atoms with Crippen molar-refractivity contribution in [3.05, 3.63) is 52.2 Å². The van der Waals surface area contributed by atoms with E-state index in [2.05, 4.69) is 15.3 Å². The van der Waals surface area contributed by atoms with E-state index < -0.39 is 34.6 Å². The number of alkyl halides is 6. The van der Waals surface area contributed by atoms with Crippen LogP contribution in [0, 0.1) is 0 Å². The lowest BCUT2D eigenvalue weighted by atomic mass is 10.1. The van der Waals surface area contributed by atoms with Crippen molar-refractivity contribution < 1.29 is 35.9 Å². The van der Waals surface area contributed by atoms with Gasteiger partial charge < -0.3 is 9.80 Å². The van der Waals surface area contributed by atoms with E-state index in [1.54, 1.807) is 4.90 Å². The lowest BCUT2D eigenvalue weighted by molar-refractivity contribution is -0.143. The summed E-state index contributed by atoms with van der Waals surface area (Å²) >= 11 is 0.734. The molecule has 34 heavy (non-hydrogen) atoms. The molecule has 2 aliphatic rings. The molecule has 4 rings (SSSR count). The van der Waals surface area contributed by atoms with Crippen molar-refractivity contribution in [2.75, 3.05) is 36.0 Å². The number of anilines is 2. The van der Waals surface area contributed by atoms with E-state index >= 15 is 0 Å². The minimum atomic E-state index is -4.92. The second-order valence-electron chi connectivity index (χ2n) is 7.37. The Labute approximate surface area is 192 Å². The van der Waals surface area contributed by atoms with Gasteiger partial charge in [-0.05, 0) is 42.1 Å². The van der Waals surface area contributed by atoms with Crippen molar-refractivity contribution in [2.24, 2.45) is 0 Å². The van der Waals surface area contributed by atoms with Gasteiger partial charge in [0.25, 0.3) is 11.1 Å². The highest BCUT2D eigenvalue weighted by Gasteiger charge is 2.37. The molecular weight excluding hydrogens is 488 g/mol.